The van der Waals surface area contributed by atoms with Crippen molar-refractivity contribution < 1.29 is 9.53 Å². The van der Waals surface area contributed by atoms with Gasteiger partial charge in [-0.1, -0.05) is 72.1 Å². The summed E-state index contributed by atoms with van der Waals surface area (Å²) in [5, 5.41) is 9.03. The van der Waals surface area contributed by atoms with Crippen LogP contribution in [0, 0.1) is 0 Å². The summed E-state index contributed by atoms with van der Waals surface area (Å²) in [6.07, 6.45) is 12.8. The summed E-state index contributed by atoms with van der Waals surface area (Å²) in [6, 6.07) is 0. The van der Waals surface area contributed by atoms with Crippen molar-refractivity contribution in [2.24, 2.45) is 0 Å². The summed E-state index contributed by atoms with van der Waals surface area (Å²) in [5.41, 5.74) is 0. The van der Waals surface area contributed by atoms with E-state index in [4.69, 9.17) is 9.53 Å². The first-order valence-corrected chi connectivity index (χ1v) is 12.0. The van der Waals surface area contributed by atoms with Crippen LogP contribution in [0.2, 0.25) is 18.1 Å². The molecule has 21 heavy (non-hydrogen) atoms. The number of aliphatic hydroxyl groups is 1. The summed E-state index contributed by atoms with van der Waals surface area (Å²) in [6.45, 7) is 12.9. The van der Waals surface area contributed by atoms with E-state index in [1.807, 2.05) is 0 Å². The molecule has 0 rings (SSSR count). The quantitative estimate of drug-likeness (QED) is 0.338. The second-order valence-corrected chi connectivity index (χ2v) is 12.7. The second-order valence-electron chi connectivity index (χ2n) is 7.87. The molecule has 3 heteroatoms. The van der Waals surface area contributed by atoms with E-state index in [-0.39, 0.29) is 0 Å². The molecule has 0 aliphatic carbocycles. The molecule has 0 atom stereocenters. The van der Waals surface area contributed by atoms with E-state index in [1.54, 1.807) is 0 Å². The minimum absolute atomic E-state index is 0.336. The summed E-state index contributed by atoms with van der Waals surface area (Å²) < 4.78 is 6.20. The van der Waals surface area contributed by atoms with E-state index in [2.05, 4.69) is 33.9 Å². The van der Waals surface area contributed by atoms with Crippen LogP contribution in [0.25, 0.3) is 0 Å². The predicted octanol–water partition coefficient (Wildman–Crippen LogP) is 5.90. The smallest absolute Gasteiger partial charge is 0.191 e. The molecule has 1 N–H and O–H groups in total. The van der Waals surface area contributed by atoms with Crippen LogP contribution < -0.4 is 0 Å². The van der Waals surface area contributed by atoms with Crippen LogP contribution in [0.4, 0.5) is 0 Å². The summed E-state index contributed by atoms with van der Waals surface area (Å²) >= 11 is 0. The summed E-state index contributed by atoms with van der Waals surface area (Å²) in [5.74, 6) is 0. The van der Waals surface area contributed by atoms with Crippen LogP contribution in [0.3, 0.4) is 0 Å². The molecule has 0 aromatic rings. The first-order valence-electron chi connectivity index (χ1n) is 9.06. The van der Waals surface area contributed by atoms with Crippen molar-refractivity contribution in [1.29, 1.82) is 0 Å². The van der Waals surface area contributed by atoms with Gasteiger partial charge >= 0.3 is 0 Å². The lowest BCUT2D eigenvalue weighted by Gasteiger charge is -2.36. The fourth-order valence-electron chi connectivity index (χ4n) is 2.17. The molecule has 128 valence electrons. The number of hydrogen-bond acceptors (Lipinski definition) is 2. The van der Waals surface area contributed by atoms with E-state index >= 15 is 0 Å². The Hall–Kier alpha value is 0.137. The van der Waals surface area contributed by atoms with Crippen molar-refractivity contribution in [3.8, 4) is 0 Å². The summed E-state index contributed by atoms with van der Waals surface area (Å²) in [7, 11) is -1.52. The Morgan fingerprint density at radius 1 is 0.714 bits per heavy atom. The molecule has 0 spiro atoms. The van der Waals surface area contributed by atoms with Crippen molar-refractivity contribution >= 4 is 8.32 Å². The number of aliphatic hydroxyl groups excluding tert-OH is 1. The minimum Gasteiger partial charge on any atom is -0.417 e. The fourth-order valence-corrected chi connectivity index (χ4v) is 3.26. The van der Waals surface area contributed by atoms with Crippen molar-refractivity contribution in [2.75, 3.05) is 13.2 Å². The minimum atomic E-state index is -1.52. The van der Waals surface area contributed by atoms with E-state index in [1.165, 1.54) is 57.8 Å². The van der Waals surface area contributed by atoms with Crippen LogP contribution in [-0.4, -0.2) is 26.6 Å². The van der Waals surface area contributed by atoms with E-state index in [0.29, 0.717) is 11.6 Å². The standard InChI is InChI=1S/C18H40O2Si/c1-18(2,3)21(4,5)20-17-15-13-11-9-7-6-8-10-12-14-16-19/h19H,6-17H2,1-5H3. The highest BCUT2D eigenvalue weighted by Gasteiger charge is 2.36. The summed E-state index contributed by atoms with van der Waals surface area (Å²) in [4.78, 5) is 0. The van der Waals surface area contributed by atoms with Gasteiger partial charge in [-0.3, -0.25) is 0 Å². The third-order valence-corrected chi connectivity index (χ3v) is 9.36. The molecular formula is C18H40O2Si. The van der Waals surface area contributed by atoms with E-state index < -0.39 is 8.32 Å². The molecule has 0 fully saturated rings. The number of hydrogen-bond donors (Lipinski definition) is 1. The molecule has 0 heterocycles. The van der Waals surface area contributed by atoms with Crippen LogP contribution in [0.15, 0.2) is 0 Å². The molecule has 0 aromatic heterocycles. The van der Waals surface area contributed by atoms with Gasteiger partial charge in [0.1, 0.15) is 0 Å². The maximum absolute atomic E-state index is 8.70. The molecule has 0 saturated carbocycles. The Labute approximate surface area is 134 Å². The number of rotatable bonds is 13. The van der Waals surface area contributed by atoms with Gasteiger partial charge in [-0.15, -0.1) is 0 Å². The van der Waals surface area contributed by atoms with Crippen molar-refractivity contribution in [2.45, 2.75) is 103 Å². The van der Waals surface area contributed by atoms with Gasteiger partial charge in [-0.25, -0.2) is 0 Å². The van der Waals surface area contributed by atoms with Gasteiger partial charge in [0, 0.05) is 13.2 Å². The van der Waals surface area contributed by atoms with Crippen LogP contribution in [0.5, 0.6) is 0 Å². The van der Waals surface area contributed by atoms with Crippen molar-refractivity contribution in [3.05, 3.63) is 0 Å². The van der Waals surface area contributed by atoms with Crippen LogP contribution in [-0.2, 0) is 4.43 Å². The average Bonchev–Trinajstić information content (AvgIpc) is 2.38. The van der Waals surface area contributed by atoms with Crippen molar-refractivity contribution in [3.63, 3.8) is 0 Å². The topological polar surface area (TPSA) is 29.5 Å². The largest absolute Gasteiger partial charge is 0.417 e. The molecule has 0 aromatic carbocycles. The molecule has 0 aliphatic rings. The lowest BCUT2D eigenvalue weighted by molar-refractivity contribution is 0.277. The van der Waals surface area contributed by atoms with Gasteiger partial charge in [-0.2, -0.15) is 0 Å². The maximum Gasteiger partial charge on any atom is 0.191 e. The molecule has 0 radical (unpaired) electrons. The van der Waals surface area contributed by atoms with Crippen LogP contribution >= 0.6 is 0 Å². The highest BCUT2D eigenvalue weighted by Crippen LogP contribution is 2.36. The second kappa shape index (κ2) is 11.7. The SMILES string of the molecule is CC(C)(C)[Si](C)(C)OCCCCCCCCCCCCO. The fraction of sp³-hybridized carbons (Fsp3) is 1.00. The molecular weight excluding hydrogens is 276 g/mol. The zero-order valence-electron chi connectivity index (χ0n) is 15.3. The molecule has 0 bridgehead atoms. The Kier molecular flexibility index (Phi) is 11.7. The van der Waals surface area contributed by atoms with Gasteiger partial charge in [0.2, 0.25) is 0 Å². The highest BCUT2D eigenvalue weighted by atomic mass is 28.4. The molecule has 0 aliphatic heterocycles. The zero-order chi connectivity index (χ0) is 16.2. The lowest BCUT2D eigenvalue weighted by atomic mass is 10.1. The molecule has 0 unspecified atom stereocenters. The Bertz CT molecular complexity index is 234. The Balaban J connectivity index is 3.30. The predicted molar refractivity (Wildman–Crippen MR) is 96.4 cm³/mol. The monoisotopic (exact) mass is 316 g/mol. The van der Waals surface area contributed by atoms with E-state index in [0.717, 1.165) is 13.0 Å². The van der Waals surface area contributed by atoms with Gasteiger partial charge in [0.05, 0.1) is 0 Å². The van der Waals surface area contributed by atoms with Gasteiger partial charge in [-0.05, 0) is 31.0 Å². The van der Waals surface area contributed by atoms with Crippen molar-refractivity contribution in [1.82, 2.24) is 0 Å². The van der Waals surface area contributed by atoms with Crippen LogP contribution in [0.1, 0.15) is 85.0 Å². The van der Waals surface area contributed by atoms with E-state index in [9.17, 15) is 0 Å². The Morgan fingerprint density at radius 3 is 1.48 bits per heavy atom. The third kappa shape index (κ3) is 11.4. The highest BCUT2D eigenvalue weighted by molar-refractivity contribution is 6.74. The maximum atomic E-state index is 8.70. The number of unbranched alkanes of at least 4 members (excludes halogenated alkanes) is 9. The molecule has 0 saturated heterocycles. The van der Waals surface area contributed by atoms with Gasteiger partial charge in [0.15, 0.2) is 8.32 Å². The zero-order valence-corrected chi connectivity index (χ0v) is 16.3. The normalized spacial score (nSPS) is 12.9. The van der Waals surface area contributed by atoms with Gasteiger partial charge < -0.3 is 9.53 Å². The first kappa shape index (κ1) is 21.1. The lowest BCUT2D eigenvalue weighted by Crippen LogP contribution is -2.40. The average molecular weight is 317 g/mol. The van der Waals surface area contributed by atoms with Gasteiger partial charge in [0.25, 0.3) is 0 Å². The first-order chi connectivity index (χ1) is 9.81. The Morgan fingerprint density at radius 2 is 1.10 bits per heavy atom. The molecule has 2 nitrogen and oxygen atoms in total. The molecule has 0 amide bonds. The third-order valence-electron chi connectivity index (χ3n) is 4.82.